The first-order chi connectivity index (χ1) is 8.78. The summed E-state index contributed by atoms with van der Waals surface area (Å²) in [6.45, 7) is 1.28. The van der Waals surface area contributed by atoms with Crippen molar-refractivity contribution in [1.82, 2.24) is 4.98 Å². The van der Waals surface area contributed by atoms with Crippen molar-refractivity contribution in [2.45, 2.75) is 18.9 Å². The fourth-order valence-electron chi connectivity index (χ4n) is 1.67. The third kappa shape index (κ3) is 3.59. The molecule has 1 saturated heterocycles. The maximum atomic E-state index is 11.6. The Morgan fingerprint density at radius 2 is 2.22 bits per heavy atom. The zero-order valence-corrected chi connectivity index (χ0v) is 10.2. The lowest BCUT2D eigenvalue weighted by Crippen LogP contribution is -2.28. The van der Waals surface area contributed by atoms with E-state index in [4.69, 9.17) is 14.2 Å². The van der Waals surface area contributed by atoms with Crippen LogP contribution >= 0.6 is 0 Å². The number of carbonyl (C=O) groups is 1. The molecule has 1 aliphatic rings. The molecule has 1 N–H and O–H groups in total. The molecule has 6 heteroatoms. The topological polar surface area (TPSA) is 69.7 Å². The van der Waals surface area contributed by atoms with Gasteiger partial charge in [-0.15, -0.1) is 0 Å². The van der Waals surface area contributed by atoms with Gasteiger partial charge in [0.2, 0.25) is 5.88 Å². The van der Waals surface area contributed by atoms with Crippen LogP contribution in [0.5, 0.6) is 5.88 Å². The van der Waals surface area contributed by atoms with Gasteiger partial charge in [-0.3, -0.25) is 5.32 Å². The van der Waals surface area contributed by atoms with E-state index in [9.17, 15) is 4.79 Å². The quantitative estimate of drug-likeness (QED) is 0.888. The molecule has 0 saturated carbocycles. The highest BCUT2D eigenvalue weighted by Gasteiger charge is 2.18. The van der Waals surface area contributed by atoms with E-state index in [1.54, 1.807) is 12.1 Å². The molecule has 0 atom stereocenters. The standard InChI is InChI=1S/C12H16N2O4/c1-16-11-3-2-9(8-13-11)14-12(15)18-10-4-6-17-7-5-10/h2-3,8,10H,4-7H2,1H3,(H,14,15). The largest absolute Gasteiger partial charge is 0.481 e. The summed E-state index contributed by atoms with van der Waals surface area (Å²) in [5, 5.41) is 2.62. The molecule has 0 unspecified atom stereocenters. The number of nitrogens with one attached hydrogen (secondary N) is 1. The van der Waals surface area contributed by atoms with E-state index >= 15 is 0 Å². The predicted molar refractivity (Wildman–Crippen MR) is 64.7 cm³/mol. The number of carbonyl (C=O) groups excluding carboxylic acids is 1. The van der Waals surface area contributed by atoms with Crippen molar-refractivity contribution >= 4 is 11.8 Å². The minimum atomic E-state index is -0.464. The van der Waals surface area contributed by atoms with Crippen LogP contribution in [0.2, 0.25) is 0 Å². The predicted octanol–water partition coefficient (Wildman–Crippen LogP) is 1.82. The summed E-state index contributed by atoms with van der Waals surface area (Å²) in [6.07, 6.45) is 2.48. The number of anilines is 1. The van der Waals surface area contributed by atoms with Gasteiger partial charge in [0.05, 0.1) is 32.2 Å². The molecule has 0 aromatic carbocycles. The van der Waals surface area contributed by atoms with E-state index in [0.717, 1.165) is 12.8 Å². The van der Waals surface area contributed by atoms with Crippen molar-refractivity contribution in [2.75, 3.05) is 25.6 Å². The number of ether oxygens (including phenoxy) is 3. The van der Waals surface area contributed by atoms with Crippen molar-refractivity contribution in [3.8, 4) is 5.88 Å². The SMILES string of the molecule is COc1ccc(NC(=O)OC2CCOCC2)cn1. The molecule has 1 amide bonds. The molecular formula is C12H16N2O4. The number of hydrogen-bond donors (Lipinski definition) is 1. The lowest BCUT2D eigenvalue weighted by molar-refractivity contribution is 0.00592. The second kappa shape index (κ2) is 6.20. The van der Waals surface area contributed by atoms with Crippen LogP contribution in [0.1, 0.15) is 12.8 Å². The lowest BCUT2D eigenvalue weighted by Gasteiger charge is -2.22. The summed E-state index contributed by atoms with van der Waals surface area (Å²) in [6, 6.07) is 3.38. The summed E-state index contributed by atoms with van der Waals surface area (Å²) >= 11 is 0. The number of methoxy groups -OCH3 is 1. The van der Waals surface area contributed by atoms with Crippen molar-refractivity contribution in [3.63, 3.8) is 0 Å². The number of nitrogens with zero attached hydrogens (tertiary/aromatic N) is 1. The maximum absolute atomic E-state index is 11.6. The third-order valence-corrected chi connectivity index (χ3v) is 2.63. The number of pyridine rings is 1. The third-order valence-electron chi connectivity index (χ3n) is 2.63. The normalized spacial score (nSPS) is 16.1. The summed E-state index contributed by atoms with van der Waals surface area (Å²) in [5.41, 5.74) is 0.577. The zero-order valence-electron chi connectivity index (χ0n) is 10.2. The summed E-state index contributed by atoms with van der Waals surface area (Å²) in [4.78, 5) is 15.6. The van der Waals surface area contributed by atoms with E-state index in [-0.39, 0.29) is 6.10 Å². The Morgan fingerprint density at radius 3 is 2.83 bits per heavy atom. The van der Waals surface area contributed by atoms with Gasteiger partial charge in [0.15, 0.2) is 0 Å². The molecule has 6 nitrogen and oxygen atoms in total. The summed E-state index contributed by atoms with van der Waals surface area (Å²) < 4.78 is 15.4. The van der Waals surface area contributed by atoms with Crippen molar-refractivity contribution in [1.29, 1.82) is 0 Å². The minimum absolute atomic E-state index is 0.0649. The maximum Gasteiger partial charge on any atom is 0.411 e. The van der Waals surface area contributed by atoms with Crippen LogP contribution in [0.3, 0.4) is 0 Å². The van der Waals surface area contributed by atoms with Crippen molar-refractivity contribution < 1.29 is 19.0 Å². The number of amides is 1. The van der Waals surface area contributed by atoms with Crippen LogP contribution < -0.4 is 10.1 Å². The molecule has 1 fully saturated rings. The van der Waals surface area contributed by atoms with Gasteiger partial charge in [-0.1, -0.05) is 0 Å². The highest BCUT2D eigenvalue weighted by atomic mass is 16.6. The van der Waals surface area contributed by atoms with Crippen LogP contribution in [0.15, 0.2) is 18.3 Å². The minimum Gasteiger partial charge on any atom is -0.481 e. The average molecular weight is 252 g/mol. The first-order valence-electron chi connectivity index (χ1n) is 5.83. The molecule has 2 rings (SSSR count). The second-order valence-electron chi connectivity index (χ2n) is 3.93. The van der Waals surface area contributed by atoms with Gasteiger partial charge in [-0.05, 0) is 6.07 Å². The Bertz CT molecular complexity index is 388. The van der Waals surface area contributed by atoms with Crippen LogP contribution in [-0.4, -0.2) is 37.5 Å². The van der Waals surface area contributed by atoms with Crippen molar-refractivity contribution in [2.24, 2.45) is 0 Å². The van der Waals surface area contributed by atoms with Crippen LogP contribution in [0, 0.1) is 0 Å². The number of rotatable bonds is 3. The average Bonchev–Trinajstić information content (AvgIpc) is 2.40. The molecule has 18 heavy (non-hydrogen) atoms. The van der Waals surface area contributed by atoms with E-state index in [2.05, 4.69) is 10.3 Å². The van der Waals surface area contributed by atoms with Gasteiger partial charge < -0.3 is 14.2 Å². The Labute approximate surface area is 105 Å². The Morgan fingerprint density at radius 1 is 1.44 bits per heavy atom. The van der Waals surface area contributed by atoms with Crippen LogP contribution in [0.25, 0.3) is 0 Å². The molecule has 1 aromatic heterocycles. The number of hydrogen-bond acceptors (Lipinski definition) is 5. The molecular weight excluding hydrogens is 236 g/mol. The van der Waals surface area contributed by atoms with Crippen LogP contribution in [0.4, 0.5) is 10.5 Å². The highest BCUT2D eigenvalue weighted by molar-refractivity contribution is 5.84. The first kappa shape index (κ1) is 12.6. The van der Waals surface area contributed by atoms with E-state index < -0.39 is 6.09 Å². The van der Waals surface area contributed by atoms with Crippen molar-refractivity contribution in [3.05, 3.63) is 18.3 Å². The Balaban J connectivity index is 1.82. The van der Waals surface area contributed by atoms with E-state index in [0.29, 0.717) is 24.8 Å². The molecule has 0 bridgehead atoms. The lowest BCUT2D eigenvalue weighted by atomic mass is 10.2. The van der Waals surface area contributed by atoms with Gasteiger partial charge in [0.25, 0.3) is 0 Å². The van der Waals surface area contributed by atoms with Gasteiger partial charge in [0.1, 0.15) is 6.10 Å². The van der Waals surface area contributed by atoms with E-state index in [1.807, 2.05) is 0 Å². The van der Waals surface area contributed by atoms with E-state index in [1.165, 1.54) is 13.3 Å². The molecule has 0 aliphatic carbocycles. The smallest absolute Gasteiger partial charge is 0.411 e. The highest BCUT2D eigenvalue weighted by Crippen LogP contribution is 2.14. The second-order valence-corrected chi connectivity index (χ2v) is 3.93. The monoisotopic (exact) mass is 252 g/mol. The van der Waals surface area contributed by atoms with Gasteiger partial charge in [-0.2, -0.15) is 0 Å². The zero-order chi connectivity index (χ0) is 12.8. The molecule has 2 heterocycles. The van der Waals surface area contributed by atoms with Crippen LogP contribution in [-0.2, 0) is 9.47 Å². The summed E-state index contributed by atoms with van der Waals surface area (Å²) in [7, 11) is 1.54. The molecule has 0 spiro atoms. The van der Waals surface area contributed by atoms with Gasteiger partial charge >= 0.3 is 6.09 Å². The molecule has 1 aliphatic heterocycles. The first-order valence-corrected chi connectivity index (χ1v) is 5.83. The fourth-order valence-corrected chi connectivity index (χ4v) is 1.67. The Hall–Kier alpha value is -1.82. The van der Waals surface area contributed by atoms with Gasteiger partial charge in [0, 0.05) is 18.9 Å². The number of aromatic nitrogens is 1. The molecule has 98 valence electrons. The fraction of sp³-hybridized carbons (Fsp3) is 0.500. The Kier molecular flexibility index (Phi) is 4.35. The van der Waals surface area contributed by atoms with Gasteiger partial charge in [-0.25, -0.2) is 9.78 Å². The molecule has 1 aromatic rings. The summed E-state index contributed by atoms with van der Waals surface area (Å²) in [5.74, 6) is 0.498. The molecule has 0 radical (unpaired) electrons.